The van der Waals surface area contributed by atoms with E-state index < -0.39 is 0 Å². The quantitative estimate of drug-likeness (QED) is 0.918. The van der Waals surface area contributed by atoms with Crippen molar-refractivity contribution in [3.8, 4) is 11.6 Å². The van der Waals surface area contributed by atoms with Gasteiger partial charge in [0.05, 0.1) is 6.20 Å². The Morgan fingerprint density at radius 1 is 1.25 bits per heavy atom. The number of aromatic nitrogens is 2. The summed E-state index contributed by atoms with van der Waals surface area (Å²) in [5.74, 6) is 1.28. The van der Waals surface area contributed by atoms with Crippen LogP contribution in [0, 0.1) is 5.41 Å². The zero-order valence-electron chi connectivity index (χ0n) is 14.2. The van der Waals surface area contributed by atoms with Crippen molar-refractivity contribution in [2.75, 3.05) is 13.1 Å². The van der Waals surface area contributed by atoms with E-state index in [9.17, 15) is 0 Å². The summed E-state index contributed by atoms with van der Waals surface area (Å²) in [6, 6.07) is 8.46. The van der Waals surface area contributed by atoms with Crippen LogP contribution in [0.5, 0.6) is 11.6 Å². The molecule has 0 spiro atoms. The van der Waals surface area contributed by atoms with Gasteiger partial charge in [-0.05, 0) is 29.5 Å². The van der Waals surface area contributed by atoms with E-state index in [4.69, 9.17) is 10.5 Å². The molecule has 1 fully saturated rings. The van der Waals surface area contributed by atoms with Crippen LogP contribution in [0.15, 0.2) is 42.9 Å². The second-order valence-electron chi connectivity index (χ2n) is 6.88. The minimum atomic E-state index is 0. The maximum absolute atomic E-state index is 6.21. The minimum Gasteiger partial charge on any atom is -0.438 e. The lowest BCUT2D eigenvalue weighted by Gasteiger charge is -2.42. The zero-order chi connectivity index (χ0) is 16.3. The largest absolute Gasteiger partial charge is 0.438 e. The average molecular weight is 349 g/mol. The van der Waals surface area contributed by atoms with Crippen LogP contribution in [-0.4, -0.2) is 34.0 Å². The number of nitrogens with two attached hydrogens (primary N) is 1. The highest BCUT2D eigenvalue weighted by molar-refractivity contribution is 5.85. The van der Waals surface area contributed by atoms with Gasteiger partial charge >= 0.3 is 0 Å². The molecule has 0 aliphatic carbocycles. The van der Waals surface area contributed by atoms with Crippen molar-refractivity contribution in [1.29, 1.82) is 0 Å². The number of benzene rings is 1. The van der Waals surface area contributed by atoms with Crippen LogP contribution in [0.2, 0.25) is 0 Å². The van der Waals surface area contributed by atoms with Gasteiger partial charge in [0, 0.05) is 38.1 Å². The summed E-state index contributed by atoms with van der Waals surface area (Å²) in [5, 5.41) is 0. The molecule has 1 aromatic carbocycles. The lowest BCUT2D eigenvalue weighted by Crippen LogP contribution is -2.52. The molecule has 24 heavy (non-hydrogen) atoms. The van der Waals surface area contributed by atoms with Crippen molar-refractivity contribution >= 4 is 12.4 Å². The first-order chi connectivity index (χ1) is 11.0. The standard InChI is InChI=1S/C18H24N4O.ClH/c1-18(2)13-22(10-7-16(18)19)12-14-3-5-15(6-4-14)23-17-11-20-8-9-21-17;/h3-6,8-9,11,16H,7,10,12-13,19H2,1-2H3;1H. The van der Waals surface area contributed by atoms with Crippen LogP contribution in [0.3, 0.4) is 0 Å². The second-order valence-corrected chi connectivity index (χ2v) is 6.88. The van der Waals surface area contributed by atoms with E-state index in [2.05, 4.69) is 40.8 Å². The second kappa shape index (κ2) is 7.92. The molecular formula is C18H25ClN4O. The molecule has 0 saturated carbocycles. The molecule has 6 heteroatoms. The SMILES string of the molecule is CC1(C)CN(Cc2ccc(Oc3cnccn3)cc2)CCC1N.Cl. The van der Waals surface area contributed by atoms with Gasteiger partial charge in [0.2, 0.25) is 5.88 Å². The molecule has 0 radical (unpaired) electrons. The molecule has 1 atom stereocenters. The molecule has 1 aliphatic rings. The van der Waals surface area contributed by atoms with Gasteiger partial charge in [-0.3, -0.25) is 9.88 Å². The Hall–Kier alpha value is -1.69. The number of hydrogen-bond donors (Lipinski definition) is 1. The number of rotatable bonds is 4. The van der Waals surface area contributed by atoms with E-state index in [0.29, 0.717) is 11.9 Å². The molecule has 2 heterocycles. The number of halogens is 1. The summed E-state index contributed by atoms with van der Waals surface area (Å²) < 4.78 is 5.67. The number of piperidine rings is 1. The van der Waals surface area contributed by atoms with E-state index in [1.54, 1.807) is 18.6 Å². The Balaban J connectivity index is 0.00000208. The maximum atomic E-state index is 6.21. The van der Waals surface area contributed by atoms with E-state index in [-0.39, 0.29) is 17.8 Å². The highest BCUT2D eigenvalue weighted by atomic mass is 35.5. The molecule has 1 aliphatic heterocycles. The lowest BCUT2D eigenvalue weighted by molar-refractivity contribution is 0.0899. The molecular weight excluding hydrogens is 324 g/mol. The first kappa shape index (κ1) is 18.6. The van der Waals surface area contributed by atoms with E-state index in [1.807, 2.05) is 12.1 Å². The summed E-state index contributed by atoms with van der Waals surface area (Å²) in [6.07, 6.45) is 5.91. The van der Waals surface area contributed by atoms with Gasteiger partial charge in [0.1, 0.15) is 5.75 Å². The van der Waals surface area contributed by atoms with Crippen molar-refractivity contribution in [2.24, 2.45) is 11.1 Å². The molecule has 1 aromatic heterocycles. The Morgan fingerprint density at radius 3 is 2.62 bits per heavy atom. The van der Waals surface area contributed by atoms with Gasteiger partial charge < -0.3 is 10.5 Å². The summed E-state index contributed by atoms with van der Waals surface area (Å²) in [5.41, 5.74) is 7.66. The maximum Gasteiger partial charge on any atom is 0.237 e. The number of hydrogen-bond acceptors (Lipinski definition) is 5. The van der Waals surface area contributed by atoms with Gasteiger partial charge in [0.15, 0.2) is 0 Å². The third-order valence-corrected chi connectivity index (χ3v) is 4.48. The molecule has 3 rings (SSSR count). The van der Waals surface area contributed by atoms with Crippen LogP contribution in [0.25, 0.3) is 0 Å². The molecule has 2 aromatic rings. The topological polar surface area (TPSA) is 64.3 Å². The molecule has 1 saturated heterocycles. The van der Waals surface area contributed by atoms with Gasteiger partial charge in [-0.25, -0.2) is 4.98 Å². The molecule has 0 bridgehead atoms. The Labute approximate surface area is 149 Å². The van der Waals surface area contributed by atoms with Gasteiger partial charge in [-0.2, -0.15) is 0 Å². The molecule has 2 N–H and O–H groups in total. The van der Waals surface area contributed by atoms with Crippen LogP contribution in [0.1, 0.15) is 25.8 Å². The first-order valence-electron chi connectivity index (χ1n) is 8.04. The summed E-state index contributed by atoms with van der Waals surface area (Å²) in [4.78, 5) is 10.6. The molecule has 0 amide bonds. The van der Waals surface area contributed by atoms with E-state index in [0.717, 1.165) is 31.8 Å². The van der Waals surface area contributed by atoms with Gasteiger partial charge in [-0.15, -0.1) is 12.4 Å². The lowest BCUT2D eigenvalue weighted by atomic mass is 9.79. The monoisotopic (exact) mass is 348 g/mol. The number of likely N-dealkylation sites (tertiary alicyclic amines) is 1. The van der Waals surface area contributed by atoms with E-state index >= 15 is 0 Å². The smallest absolute Gasteiger partial charge is 0.237 e. The number of ether oxygens (including phenoxy) is 1. The Bertz CT molecular complexity index is 633. The predicted molar refractivity (Wildman–Crippen MR) is 97.4 cm³/mol. The predicted octanol–water partition coefficient (Wildman–Crippen LogP) is 3.25. The Kier molecular flexibility index (Phi) is 6.15. The van der Waals surface area contributed by atoms with Crippen LogP contribution < -0.4 is 10.5 Å². The Morgan fingerprint density at radius 2 is 2.00 bits per heavy atom. The van der Waals surface area contributed by atoms with Gasteiger partial charge in [-0.1, -0.05) is 26.0 Å². The van der Waals surface area contributed by atoms with Crippen LogP contribution >= 0.6 is 12.4 Å². The molecule has 1 unspecified atom stereocenters. The highest BCUT2D eigenvalue weighted by Crippen LogP contribution is 2.29. The van der Waals surface area contributed by atoms with Gasteiger partial charge in [0.25, 0.3) is 0 Å². The summed E-state index contributed by atoms with van der Waals surface area (Å²) >= 11 is 0. The summed E-state index contributed by atoms with van der Waals surface area (Å²) in [6.45, 7) is 7.54. The number of nitrogens with zero attached hydrogens (tertiary/aromatic N) is 3. The fraction of sp³-hybridized carbons (Fsp3) is 0.444. The van der Waals surface area contributed by atoms with Crippen molar-refractivity contribution in [2.45, 2.75) is 32.9 Å². The van der Waals surface area contributed by atoms with Crippen molar-refractivity contribution < 1.29 is 4.74 Å². The summed E-state index contributed by atoms with van der Waals surface area (Å²) in [7, 11) is 0. The molecule has 5 nitrogen and oxygen atoms in total. The van der Waals surface area contributed by atoms with E-state index in [1.165, 1.54) is 5.56 Å². The fourth-order valence-corrected chi connectivity index (χ4v) is 3.00. The fourth-order valence-electron chi connectivity index (χ4n) is 3.00. The van der Waals surface area contributed by atoms with Crippen molar-refractivity contribution in [3.63, 3.8) is 0 Å². The van der Waals surface area contributed by atoms with Crippen molar-refractivity contribution in [1.82, 2.24) is 14.9 Å². The van der Waals surface area contributed by atoms with Crippen LogP contribution in [-0.2, 0) is 6.54 Å². The molecule has 130 valence electrons. The average Bonchev–Trinajstić information content (AvgIpc) is 2.54. The highest BCUT2D eigenvalue weighted by Gasteiger charge is 2.33. The zero-order valence-corrected chi connectivity index (χ0v) is 15.0. The minimum absolute atomic E-state index is 0. The van der Waals surface area contributed by atoms with Crippen LogP contribution in [0.4, 0.5) is 0 Å². The van der Waals surface area contributed by atoms with Crippen molar-refractivity contribution in [3.05, 3.63) is 48.4 Å². The normalized spacial score (nSPS) is 20.2. The third kappa shape index (κ3) is 4.66. The third-order valence-electron chi connectivity index (χ3n) is 4.48. The first-order valence-corrected chi connectivity index (χ1v) is 8.04.